The van der Waals surface area contributed by atoms with Crippen LogP contribution in [0.5, 0.6) is 0 Å². The molecule has 0 radical (unpaired) electrons. The van der Waals surface area contributed by atoms with Crippen LogP contribution in [0.25, 0.3) is 10.4 Å². The summed E-state index contributed by atoms with van der Waals surface area (Å²) in [5.41, 5.74) is 8.45. The molecule has 10 nitrogen and oxygen atoms in total. The number of carbonyl (C=O) groups is 1. The fourth-order valence-electron chi connectivity index (χ4n) is 3.86. The lowest BCUT2D eigenvalue weighted by atomic mass is 10.0. The molecule has 0 aliphatic carbocycles. The maximum atomic E-state index is 12.9. The minimum absolute atomic E-state index is 0.118. The Morgan fingerprint density at radius 1 is 1.52 bits per heavy atom. The first-order chi connectivity index (χ1) is 12.8. The SMILES string of the molecule is CCCN(C)S(=O)(=O)N1CC[C@H]2[C@H]1[C@H](C)C(=O)N2c1ncc(CN=[N+]=[N-])s1. The van der Waals surface area contributed by atoms with Crippen molar-refractivity contribution in [1.29, 1.82) is 0 Å². The molecule has 2 aliphatic rings. The number of azide groups is 1. The van der Waals surface area contributed by atoms with E-state index in [1.807, 2.05) is 6.92 Å². The Bertz CT molecular complexity index is 865. The van der Waals surface area contributed by atoms with Gasteiger partial charge in [0.2, 0.25) is 5.91 Å². The Kier molecular flexibility index (Phi) is 5.73. The molecule has 0 spiro atoms. The molecule has 0 unspecified atom stereocenters. The van der Waals surface area contributed by atoms with Gasteiger partial charge in [0.05, 0.1) is 24.5 Å². The van der Waals surface area contributed by atoms with Gasteiger partial charge in [0, 0.05) is 36.1 Å². The van der Waals surface area contributed by atoms with Crippen LogP contribution in [-0.2, 0) is 21.5 Å². The number of carbonyl (C=O) groups excluding carboxylic acids is 1. The third-order valence-electron chi connectivity index (χ3n) is 5.11. The number of rotatable bonds is 7. The van der Waals surface area contributed by atoms with E-state index in [4.69, 9.17) is 5.53 Å². The summed E-state index contributed by atoms with van der Waals surface area (Å²) in [6.07, 6.45) is 2.90. The zero-order valence-electron chi connectivity index (χ0n) is 15.5. The van der Waals surface area contributed by atoms with E-state index in [0.29, 0.717) is 24.6 Å². The predicted molar refractivity (Wildman–Crippen MR) is 102 cm³/mol. The summed E-state index contributed by atoms with van der Waals surface area (Å²) in [5, 5.41) is 4.05. The minimum atomic E-state index is -3.61. The predicted octanol–water partition coefficient (Wildman–Crippen LogP) is 1.97. The fraction of sp³-hybridized carbons (Fsp3) is 0.733. The van der Waals surface area contributed by atoms with Crippen molar-refractivity contribution in [3.8, 4) is 0 Å². The van der Waals surface area contributed by atoms with Gasteiger partial charge in [-0.3, -0.25) is 9.69 Å². The molecule has 12 heteroatoms. The van der Waals surface area contributed by atoms with Crippen LogP contribution in [0.3, 0.4) is 0 Å². The molecule has 3 atom stereocenters. The average molecular weight is 414 g/mol. The highest BCUT2D eigenvalue weighted by molar-refractivity contribution is 7.86. The average Bonchev–Trinajstić information content (AvgIpc) is 3.32. The lowest BCUT2D eigenvalue weighted by Crippen LogP contribution is -2.48. The first-order valence-corrected chi connectivity index (χ1v) is 11.1. The lowest BCUT2D eigenvalue weighted by Gasteiger charge is -2.29. The van der Waals surface area contributed by atoms with Crippen molar-refractivity contribution in [2.45, 2.75) is 45.3 Å². The van der Waals surface area contributed by atoms with Gasteiger partial charge in [-0.2, -0.15) is 17.0 Å². The number of aromatic nitrogens is 1. The van der Waals surface area contributed by atoms with Crippen LogP contribution < -0.4 is 4.90 Å². The Labute approximate surface area is 162 Å². The van der Waals surface area contributed by atoms with E-state index in [1.165, 1.54) is 19.9 Å². The quantitative estimate of drug-likeness (QED) is 0.385. The lowest BCUT2D eigenvalue weighted by molar-refractivity contribution is -0.120. The van der Waals surface area contributed by atoms with Crippen LogP contribution >= 0.6 is 11.3 Å². The molecular formula is C15H23N7O3S2. The van der Waals surface area contributed by atoms with Crippen molar-refractivity contribution < 1.29 is 13.2 Å². The van der Waals surface area contributed by atoms with Crippen LogP contribution in [0.4, 0.5) is 5.13 Å². The van der Waals surface area contributed by atoms with E-state index in [0.717, 1.165) is 11.3 Å². The largest absolute Gasteiger partial charge is 0.283 e. The summed E-state index contributed by atoms with van der Waals surface area (Å²) in [4.78, 5) is 22.3. The Morgan fingerprint density at radius 2 is 2.26 bits per heavy atom. The molecule has 2 aliphatic heterocycles. The van der Waals surface area contributed by atoms with Gasteiger partial charge in [-0.1, -0.05) is 19.0 Å². The molecule has 0 saturated carbocycles. The highest BCUT2D eigenvalue weighted by Crippen LogP contribution is 2.42. The minimum Gasteiger partial charge on any atom is -0.283 e. The monoisotopic (exact) mass is 413 g/mol. The number of anilines is 1. The molecule has 3 heterocycles. The Hall–Kier alpha value is -1.72. The van der Waals surface area contributed by atoms with Gasteiger partial charge < -0.3 is 0 Å². The first-order valence-electron chi connectivity index (χ1n) is 8.84. The third kappa shape index (κ3) is 3.43. The summed E-state index contributed by atoms with van der Waals surface area (Å²) in [5.74, 6) is -0.556. The van der Waals surface area contributed by atoms with Crippen molar-refractivity contribution in [2.24, 2.45) is 11.0 Å². The van der Waals surface area contributed by atoms with Gasteiger partial charge in [-0.25, -0.2) is 4.98 Å². The zero-order chi connectivity index (χ0) is 19.8. The van der Waals surface area contributed by atoms with Gasteiger partial charge in [0.25, 0.3) is 10.2 Å². The molecule has 2 fully saturated rings. The third-order valence-corrected chi connectivity index (χ3v) is 8.08. The second-order valence-electron chi connectivity index (χ2n) is 6.78. The maximum absolute atomic E-state index is 12.9. The molecule has 0 N–H and O–H groups in total. The van der Waals surface area contributed by atoms with Gasteiger partial charge >= 0.3 is 0 Å². The van der Waals surface area contributed by atoms with E-state index in [1.54, 1.807) is 25.1 Å². The normalized spacial score (nSPS) is 25.9. The zero-order valence-corrected chi connectivity index (χ0v) is 17.1. The second kappa shape index (κ2) is 7.72. The summed E-state index contributed by atoms with van der Waals surface area (Å²) in [6, 6.07) is -0.623. The summed E-state index contributed by atoms with van der Waals surface area (Å²) < 4.78 is 28.7. The van der Waals surface area contributed by atoms with Gasteiger partial charge in [-0.15, -0.1) is 11.3 Å². The number of hydrogen-bond acceptors (Lipinski definition) is 6. The van der Waals surface area contributed by atoms with Crippen LogP contribution in [0.2, 0.25) is 0 Å². The molecule has 0 bridgehead atoms. The molecule has 27 heavy (non-hydrogen) atoms. The van der Waals surface area contributed by atoms with Crippen molar-refractivity contribution in [3.63, 3.8) is 0 Å². The number of hydrogen-bond donors (Lipinski definition) is 0. The highest BCUT2D eigenvalue weighted by atomic mass is 32.2. The summed E-state index contributed by atoms with van der Waals surface area (Å²) in [7, 11) is -2.03. The van der Waals surface area contributed by atoms with E-state index in [-0.39, 0.29) is 18.5 Å². The molecule has 148 valence electrons. The smallest absolute Gasteiger partial charge is 0.282 e. The van der Waals surface area contributed by atoms with Crippen molar-refractivity contribution in [2.75, 3.05) is 25.0 Å². The van der Waals surface area contributed by atoms with Crippen molar-refractivity contribution in [1.82, 2.24) is 13.6 Å². The van der Waals surface area contributed by atoms with E-state index >= 15 is 0 Å². The number of fused-ring (bicyclic) bond motifs is 1. The van der Waals surface area contributed by atoms with Gasteiger partial charge in [0.15, 0.2) is 5.13 Å². The van der Waals surface area contributed by atoms with Crippen LogP contribution in [-0.4, -0.2) is 60.1 Å². The summed E-state index contributed by atoms with van der Waals surface area (Å²) in [6.45, 7) is 4.72. The fourth-order valence-corrected chi connectivity index (χ4v) is 6.49. The van der Waals surface area contributed by atoms with Crippen molar-refractivity contribution in [3.05, 3.63) is 21.5 Å². The van der Waals surface area contributed by atoms with Crippen LogP contribution in [0, 0.1) is 5.92 Å². The molecule has 3 rings (SSSR count). The second-order valence-corrected chi connectivity index (χ2v) is 9.86. The molecule has 1 aromatic rings. The molecular weight excluding hydrogens is 390 g/mol. The van der Waals surface area contributed by atoms with E-state index in [2.05, 4.69) is 15.0 Å². The topological polar surface area (TPSA) is 123 Å². The summed E-state index contributed by atoms with van der Waals surface area (Å²) >= 11 is 1.30. The number of nitrogens with zero attached hydrogens (tertiary/aromatic N) is 7. The Morgan fingerprint density at radius 3 is 2.93 bits per heavy atom. The highest BCUT2D eigenvalue weighted by Gasteiger charge is 2.56. The van der Waals surface area contributed by atoms with Gasteiger partial charge in [-0.05, 0) is 18.4 Å². The van der Waals surface area contributed by atoms with Gasteiger partial charge in [0.1, 0.15) is 0 Å². The van der Waals surface area contributed by atoms with E-state index in [9.17, 15) is 13.2 Å². The maximum Gasteiger partial charge on any atom is 0.282 e. The standard InChI is InChI=1S/C15H23N7O3S2/c1-4-6-20(3)27(24,25)21-7-5-12-13(21)10(2)14(23)22(12)15-17-8-11(26-15)9-18-19-16/h8,10,12-13H,4-7,9H2,1-3H3/t10-,12-,13+/m0/s1. The van der Waals surface area contributed by atoms with Crippen LogP contribution in [0.15, 0.2) is 11.3 Å². The molecule has 0 aromatic carbocycles. The Balaban J connectivity index is 1.87. The number of thiazole rings is 1. The molecule has 2 saturated heterocycles. The van der Waals surface area contributed by atoms with E-state index < -0.39 is 22.2 Å². The van der Waals surface area contributed by atoms with Crippen molar-refractivity contribution >= 4 is 32.6 Å². The number of amides is 1. The first kappa shape index (κ1) is 20.0. The molecule has 1 aromatic heterocycles. The van der Waals surface area contributed by atoms with Crippen LogP contribution in [0.1, 0.15) is 31.6 Å². The molecule has 1 amide bonds.